The molecule has 2 rings (SSSR count). The lowest BCUT2D eigenvalue weighted by Gasteiger charge is -2.25. The summed E-state index contributed by atoms with van der Waals surface area (Å²) >= 11 is 0. The van der Waals surface area contributed by atoms with Gasteiger partial charge in [-0.1, -0.05) is 12.8 Å². The van der Waals surface area contributed by atoms with Crippen molar-refractivity contribution in [2.45, 2.75) is 51.0 Å². The highest BCUT2D eigenvalue weighted by molar-refractivity contribution is 5.79. The van der Waals surface area contributed by atoms with E-state index in [0.717, 1.165) is 25.9 Å². The van der Waals surface area contributed by atoms with Gasteiger partial charge in [-0.25, -0.2) is 0 Å². The lowest BCUT2D eigenvalue weighted by atomic mass is 9.98. The van der Waals surface area contributed by atoms with Crippen LogP contribution in [0, 0.1) is 17.2 Å². The van der Waals surface area contributed by atoms with Crippen LogP contribution in [0.3, 0.4) is 0 Å². The van der Waals surface area contributed by atoms with E-state index in [1.807, 2.05) is 6.92 Å². The molecule has 2 fully saturated rings. The SMILES string of the molecule is C[C@](C#N)(NC(=O)CN1CCCCCC1)C1CC1. The van der Waals surface area contributed by atoms with Crippen LogP contribution in [-0.2, 0) is 4.79 Å². The highest BCUT2D eigenvalue weighted by atomic mass is 16.2. The molecule has 1 atom stereocenters. The monoisotopic (exact) mass is 249 g/mol. The van der Waals surface area contributed by atoms with Gasteiger partial charge < -0.3 is 5.32 Å². The van der Waals surface area contributed by atoms with Crippen LogP contribution in [0.4, 0.5) is 0 Å². The molecule has 0 spiro atoms. The lowest BCUT2D eigenvalue weighted by molar-refractivity contribution is -0.123. The van der Waals surface area contributed by atoms with Crippen molar-refractivity contribution in [1.29, 1.82) is 5.26 Å². The van der Waals surface area contributed by atoms with E-state index in [0.29, 0.717) is 12.5 Å². The van der Waals surface area contributed by atoms with Crippen LogP contribution in [0.15, 0.2) is 0 Å². The average Bonchev–Trinajstić information content (AvgIpc) is 3.16. The summed E-state index contributed by atoms with van der Waals surface area (Å²) in [4.78, 5) is 14.2. The summed E-state index contributed by atoms with van der Waals surface area (Å²) in [7, 11) is 0. The summed E-state index contributed by atoms with van der Waals surface area (Å²) in [5.74, 6) is 0.364. The Morgan fingerprint density at radius 2 is 1.94 bits per heavy atom. The van der Waals surface area contributed by atoms with Crippen molar-refractivity contribution in [1.82, 2.24) is 10.2 Å². The second-order valence-electron chi connectivity index (χ2n) is 5.83. The molecular weight excluding hydrogens is 226 g/mol. The molecule has 1 aliphatic heterocycles. The fourth-order valence-corrected chi connectivity index (χ4v) is 2.71. The van der Waals surface area contributed by atoms with E-state index in [1.54, 1.807) is 0 Å². The summed E-state index contributed by atoms with van der Waals surface area (Å²) in [6.07, 6.45) is 7.05. The van der Waals surface area contributed by atoms with Crippen LogP contribution in [0.25, 0.3) is 0 Å². The van der Waals surface area contributed by atoms with Gasteiger partial charge in [0.1, 0.15) is 5.54 Å². The summed E-state index contributed by atoms with van der Waals surface area (Å²) < 4.78 is 0. The molecule has 0 aromatic carbocycles. The molecule has 1 aliphatic carbocycles. The molecule has 1 saturated heterocycles. The number of likely N-dealkylation sites (tertiary alicyclic amines) is 1. The quantitative estimate of drug-likeness (QED) is 0.824. The zero-order valence-electron chi connectivity index (χ0n) is 11.2. The first-order chi connectivity index (χ1) is 8.64. The molecule has 0 aromatic rings. The Balaban J connectivity index is 1.82. The van der Waals surface area contributed by atoms with Gasteiger partial charge >= 0.3 is 0 Å². The molecule has 4 heteroatoms. The molecule has 2 aliphatic rings. The number of hydrogen-bond acceptors (Lipinski definition) is 3. The van der Waals surface area contributed by atoms with Crippen LogP contribution >= 0.6 is 0 Å². The normalized spacial score (nSPS) is 24.7. The van der Waals surface area contributed by atoms with Crippen LogP contribution in [0.5, 0.6) is 0 Å². The lowest BCUT2D eigenvalue weighted by Crippen LogP contribution is -2.50. The van der Waals surface area contributed by atoms with Gasteiger partial charge in [-0.2, -0.15) is 5.26 Å². The molecule has 1 saturated carbocycles. The third-order valence-electron chi connectivity index (χ3n) is 4.09. The van der Waals surface area contributed by atoms with Gasteiger partial charge in [0.2, 0.25) is 5.91 Å². The number of carbonyl (C=O) groups is 1. The summed E-state index contributed by atoms with van der Waals surface area (Å²) in [5, 5.41) is 12.1. The van der Waals surface area contributed by atoms with Gasteiger partial charge in [-0.3, -0.25) is 9.69 Å². The first-order valence-electron chi connectivity index (χ1n) is 7.09. The second-order valence-corrected chi connectivity index (χ2v) is 5.83. The highest BCUT2D eigenvalue weighted by Crippen LogP contribution is 2.39. The number of carbonyl (C=O) groups excluding carboxylic acids is 1. The molecule has 1 N–H and O–H groups in total. The standard InChI is InChI=1S/C14H23N3O/c1-14(11-15,12-6-7-12)16-13(18)10-17-8-4-2-3-5-9-17/h12H,2-10H2,1H3,(H,16,18)/t14-/m1/s1. The maximum absolute atomic E-state index is 12.0. The zero-order valence-corrected chi connectivity index (χ0v) is 11.2. The molecular formula is C14H23N3O. The van der Waals surface area contributed by atoms with E-state index in [4.69, 9.17) is 0 Å². The minimum atomic E-state index is -0.650. The van der Waals surface area contributed by atoms with Gasteiger partial charge in [0.05, 0.1) is 12.6 Å². The van der Waals surface area contributed by atoms with E-state index in [-0.39, 0.29) is 5.91 Å². The molecule has 0 bridgehead atoms. The van der Waals surface area contributed by atoms with E-state index < -0.39 is 5.54 Å². The Morgan fingerprint density at radius 1 is 1.33 bits per heavy atom. The van der Waals surface area contributed by atoms with Crippen molar-refractivity contribution in [2.24, 2.45) is 5.92 Å². The maximum atomic E-state index is 12.0. The molecule has 1 amide bonds. The number of nitrogens with one attached hydrogen (secondary N) is 1. The van der Waals surface area contributed by atoms with Crippen molar-refractivity contribution in [2.75, 3.05) is 19.6 Å². The molecule has 4 nitrogen and oxygen atoms in total. The number of amides is 1. The fourth-order valence-electron chi connectivity index (χ4n) is 2.71. The Labute approximate surface area is 109 Å². The predicted molar refractivity (Wildman–Crippen MR) is 69.8 cm³/mol. The van der Waals surface area contributed by atoms with Gasteiger partial charge in [-0.05, 0) is 51.6 Å². The van der Waals surface area contributed by atoms with Crippen molar-refractivity contribution in [3.05, 3.63) is 0 Å². The van der Waals surface area contributed by atoms with Crippen LogP contribution in [-0.4, -0.2) is 36.0 Å². The maximum Gasteiger partial charge on any atom is 0.235 e. The van der Waals surface area contributed by atoms with E-state index in [1.165, 1.54) is 25.7 Å². The van der Waals surface area contributed by atoms with Crippen LogP contribution < -0.4 is 5.32 Å². The van der Waals surface area contributed by atoms with Gasteiger partial charge in [-0.15, -0.1) is 0 Å². The van der Waals surface area contributed by atoms with Gasteiger partial charge in [0, 0.05) is 0 Å². The smallest absolute Gasteiger partial charge is 0.235 e. The Hall–Kier alpha value is -1.08. The molecule has 0 unspecified atom stereocenters. The minimum Gasteiger partial charge on any atom is -0.337 e. The number of nitriles is 1. The van der Waals surface area contributed by atoms with Crippen LogP contribution in [0.1, 0.15) is 45.4 Å². The molecule has 18 heavy (non-hydrogen) atoms. The Bertz CT molecular complexity index is 337. The average molecular weight is 249 g/mol. The van der Waals surface area contributed by atoms with Crippen molar-refractivity contribution < 1.29 is 4.79 Å². The van der Waals surface area contributed by atoms with Gasteiger partial charge in [0.15, 0.2) is 0 Å². The Kier molecular flexibility index (Phi) is 4.23. The van der Waals surface area contributed by atoms with Crippen molar-refractivity contribution >= 4 is 5.91 Å². The van der Waals surface area contributed by atoms with Crippen molar-refractivity contribution in [3.8, 4) is 6.07 Å². The minimum absolute atomic E-state index is 0.00727. The fraction of sp³-hybridized carbons (Fsp3) is 0.857. The molecule has 1 heterocycles. The van der Waals surface area contributed by atoms with Gasteiger partial charge in [0.25, 0.3) is 0 Å². The van der Waals surface area contributed by atoms with E-state index >= 15 is 0 Å². The second kappa shape index (κ2) is 5.71. The third kappa shape index (κ3) is 3.46. The van der Waals surface area contributed by atoms with Crippen LogP contribution in [0.2, 0.25) is 0 Å². The number of rotatable bonds is 4. The summed E-state index contributed by atoms with van der Waals surface area (Å²) in [6.45, 7) is 4.33. The number of hydrogen-bond donors (Lipinski definition) is 1. The summed E-state index contributed by atoms with van der Waals surface area (Å²) in [5.41, 5.74) is -0.650. The first kappa shape index (κ1) is 13.4. The zero-order chi connectivity index (χ0) is 13.0. The van der Waals surface area contributed by atoms with Crippen molar-refractivity contribution in [3.63, 3.8) is 0 Å². The molecule has 0 aromatic heterocycles. The van der Waals surface area contributed by atoms with E-state index in [2.05, 4.69) is 16.3 Å². The summed E-state index contributed by atoms with van der Waals surface area (Å²) in [6, 6.07) is 2.27. The largest absolute Gasteiger partial charge is 0.337 e. The first-order valence-corrected chi connectivity index (χ1v) is 7.09. The van der Waals surface area contributed by atoms with E-state index in [9.17, 15) is 10.1 Å². The molecule has 0 radical (unpaired) electrons. The number of nitrogens with zero attached hydrogens (tertiary/aromatic N) is 2. The molecule has 100 valence electrons. The topological polar surface area (TPSA) is 56.1 Å². The predicted octanol–water partition coefficient (Wildman–Crippen LogP) is 1.67. The Morgan fingerprint density at radius 3 is 2.44 bits per heavy atom. The third-order valence-corrected chi connectivity index (χ3v) is 4.09. The highest BCUT2D eigenvalue weighted by Gasteiger charge is 2.43.